The predicted molar refractivity (Wildman–Crippen MR) is 57.4 cm³/mol. The normalized spacial score (nSPS) is 39.5. The van der Waals surface area contributed by atoms with E-state index in [4.69, 9.17) is 0 Å². The number of halogens is 2. The molecule has 2 aliphatic rings. The molecule has 1 fully saturated rings. The lowest BCUT2D eigenvalue weighted by molar-refractivity contribution is -0.0625. The van der Waals surface area contributed by atoms with Crippen molar-refractivity contribution >= 4 is 0 Å². The smallest absolute Gasteiger partial charge is 0.264 e. The van der Waals surface area contributed by atoms with Gasteiger partial charge in [-0.05, 0) is 29.9 Å². The molecule has 2 aliphatic carbocycles. The maximum Gasteiger partial charge on any atom is 0.274 e. The fourth-order valence-corrected chi connectivity index (χ4v) is 3.80. The highest BCUT2D eigenvalue weighted by Gasteiger charge is 2.62. The van der Waals surface area contributed by atoms with E-state index in [1.54, 1.807) is 6.20 Å². The summed E-state index contributed by atoms with van der Waals surface area (Å²) in [6.07, 6.45) is 4.15. The molecule has 1 spiro atoms. The number of rotatable bonds is 0. The molecule has 3 heteroatoms. The summed E-state index contributed by atoms with van der Waals surface area (Å²) >= 11 is 0. The van der Waals surface area contributed by atoms with Crippen LogP contribution in [0.4, 0.5) is 8.78 Å². The van der Waals surface area contributed by atoms with E-state index in [0.29, 0.717) is 11.8 Å². The molecule has 1 aromatic rings. The Morgan fingerprint density at radius 1 is 1.25 bits per heavy atom. The molecular weight excluding hydrogens is 208 g/mol. The third-order valence-electron chi connectivity index (χ3n) is 4.70. The van der Waals surface area contributed by atoms with Crippen molar-refractivity contribution in [3.63, 3.8) is 0 Å². The molecule has 2 unspecified atom stereocenters. The molecule has 0 amide bonds. The Hall–Kier alpha value is -0.990. The van der Waals surface area contributed by atoms with Crippen LogP contribution in [0.2, 0.25) is 0 Å². The molecule has 86 valence electrons. The summed E-state index contributed by atoms with van der Waals surface area (Å²) in [5.41, 5.74) is 0.694. The lowest BCUT2D eigenvalue weighted by Crippen LogP contribution is -2.49. The first-order chi connectivity index (χ1) is 7.48. The Bertz CT molecular complexity index is 433. The molecule has 1 saturated carbocycles. The third kappa shape index (κ3) is 0.969. The van der Waals surface area contributed by atoms with Gasteiger partial charge in [0.25, 0.3) is 5.92 Å². The second-order valence-corrected chi connectivity index (χ2v) is 5.38. The van der Waals surface area contributed by atoms with Crippen LogP contribution >= 0.6 is 0 Å². The average Bonchev–Trinajstić information content (AvgIpc) is 2.51. The van der Waals surface area contributed by atoms with Gasteiger partial charge in [0, 0.05) is 29.8 Å². The van der Waals surface area contributed by atoms with Crippen molar-refractivity contribution in [1.82, 2.24) is 4.98 Å². The van der Waals surface area contributed by atoms with E-state index < -0.39 is 5.92 Å². The van der Waals surface area contributed by atoms with Crippen LogP contribution in [0.15, 0.2) is 18.5 Å². The molecule has 0 bridgehead atoms. The van der Waals surface area contributed by atoms with Crippen molar-refractivity contribution < 1.29 is 8.78 Å². The quantitative estimate of drug-likeness (QED) is 0.656. The van der Waals surface area contributed by atoms with Crippen molar-refractivity contribution in [2.24, 2.45) is 11.8 Å². The van der Waals surface area contributed by atoms with E-state index in [0.717, 1.165) is 12.0 Å². The SMILES string of the molecule is CC1CC(C)C12CC(F)(F)c1ccncc12. The molecule has 0 N–H and O–H groups in total. The number of pyridine rings is 1. The van der Waals surface area contributed by atoms with E-state index in [1.807, 2.05) is 0 Å². The van der Waals surface area contributed by atoms with Crippen LogP contribution in [-0.4, -0.2) is 4.98 Å². The highest BCUT2D eigenvalue weighted by Crippen LogP contribution is 2.64. The molecule has 3 rings (SSSR count). The van der Waals surface area contributed by atoms with Gasteiger partial charge in [0.15, 0.2) is 0 Å². The van der Waals surface area contributed by atoms with Gasteiger partial charge in [0.2, 0.25) is 0 Å². The number of nitrogens with zero attached hydrogens (tertiary/aromatic N) is 1. The zero-order valence-electron chi connectivity index (χ0n) is 9.50. The van der Waals surface area contributed by atoms with E-state index in [-0.39, 0.29) is 17.4 Å². The fraction of sp³-hybridized carbons (Fsp3) is 0.615. The molecule has 0 radical (unpaired) electrons. The summed E-state index contributed by atoms with van der Waals surface area (Å²) in [6, 6.07) is 1.49. The molecule has 0 saturated heterocycles. The standard InChI is InChI=1S/C13H15F2N/c1-8-5-9(2)12(8)7-13(14,15)10-3-4-16-6-11(10)12/h3-4,6,8-9H,5,7H2,1-2H3. The lowest BCUT2D eigenvalue weighted by Gasteiger charge is -2.52. The molecule has 1 aromatic heterocycles. The van der Waals surface area contributed by atoms with E-state index in [1.165, 1.54) is 12.3 Å². The summed E-state index contributed by atoms with van der Waals surface area (Å²) < 4.78 is 27.9. The molecule has 0 aliphatic heterocycles. The van der Waals surface area contributed by atoms with Gasteiger partial charge in [-0.1, -0.05) is 13.8 Å². The van der Waals surface area contributed by atoms with Crippen LogP contribution in [-0.2, 0) is 11.3 Å². The summed E-state index contributed by atoms with van der Waals surface area (Å²) in [4.78, 5) is 4.03. The number of alkyl halides is 2. The summed E-state index contributed by atoms with van der Waals surface area (Å²) in [6.45, 7) is 4.16. The summed E-state index contributed by atoms with van der Waals surface area (Å²) in [7, 11) is 0. The first-order valence-electron chi connectivity index (χ1n) is 5.81. The van der Waals surface area contributed by atoms with Gasteiger partial charge in [0.05, 0.1) is 0 Å². The van der Waals surface area contributed by atoms with Gasteiger partial charge < -0.3 is 0 Å². The van der Waals surface area contributed by atoms with Crippen LogP contribution in [0.5, 0.6) is 0 Å². The van der Waals surface area contributed by atoms with Gasteiger partial charge in [-0.15, -0.1) is 0 Å². The minimum Gasteiger partial charge on any atom is -0.264 e. The monoisotopic (exact) mass is 223 g/mol. The van der Waals surface area contributed by atoms with Crippen molar-refractivity contribution in [3.8, 4) is 0 Å². The summed E-state index contributed by atoms with van der Waals surface area (Å²) in [5.74, 6) is -1.97. The van der Waals surface area contributed by atoms with Crippen molar-refractivity contribution in [2.75, 3.05) is 0 Å². The Labute approximate surface area is 93.9 Å². The van der Waals surface area contributed by atoms with Crippen molar-refractivity contribution in [1.29, 1.82) is 0 Å². The lowest BCUT2D eigenvalue weighted by atomic mass is 9.51. The molecule has 0 aromatic carbocycles. The second kappa shape index (κ2) is 2.82. The molecule has 2 atom stereocenters. The predicted octanol–water partition coefficient (Wildman–Crippen LogP) is 3.49. The van der Waals surface area contributed by atoms with Crippen LogP contribution in [0.3, 0.4) is 0 Å². The van der Waals surface area contributed by atoms with E-state index in [2.05, 4.69) is 18.8 Å². The van der Waals surface area contributed by atoms with Crippen LogP contribution in [0.1, 0.15) is 37.8 Å². The van der Waals surface area contributed by atoms with E-state index >= 15 is 0 Å². The Balaban J connectivity index is 2.20. The number of hydrogen-bond acceptors (Lipinski definition) is 1. The highest BCUT2D eigenvalue weighted by molar-refractivity contribution is 5.44. The minimum atomic E-state index is -2.67. The molecular formula is C13H15F2N. The molecule has 1 nitrogen and oxygen atoms in total. The maximum absolute atomic E-state index is 14.0. The highest BCUT2D eigenvalue weighted by atomic mass is 19.3. The Kier molecular flexibility index (Phi) is 1.79. The zero-order valence-corrected chi connectivity index (χ0v) is 9.50. The number of fused-ring (bicyclic) bond motifs is 2. The van der Waals surface area contributed by atoms with Crippen LogP contribution in [0.25, 0.3) is 0 Å². The van der Waals surface area contributed by atoms with Gasteiger partial charge in [-0.25, -0.2) is 8.78 Å². The van der Waals surface area contributed by atoms with Gasteiger partial charge in [0.1, 0.15) is 0 Å². The van der Waals surface area contributed by atoms with Gasteiger partial charge >= 0.3 is 0 Å². The molecule has 16 heavy (non-hydrogen) atoms. The largest absolute Gasteiger partial charge is 0.274 e. The third-order valence-corrected chi connectivity index (χ3v) is 4.70. The number of hydrogen-bond donors (Lipinski definition) is 0. The van der Waals surface area contributed by atoms with Crippen LogP contribution < -0.4 is 0 Å². The van der Waals surface area contributed by atoms with Gasteiger partial charge in [-0.3, -0.25) is 4.98 Å². The van der Waals surface area contributed by atoms with Crippen molar-refractivity contribution in [2.45, 2.75) is 38.0 Å². The Morgan fingerprint density at radius 2 is 1.94 bits per heavy atom. The fourth-order valence-electron chi connectivity index (χ4n) is 3.80. The maximum atomic E-state index is 14.0. The topological polar surface area (TPSA) is 12.9 Å². The Morgan fingerprint density at radius 3 is 2.56 bits per heavy atom. The zero-order chi connectivity index (χ0) is 11.6. The van der Waals surface area contributed by atoms with Crippen LogP contribution in [0, 0.1) is 11.8 Å². The number of aromatic nitrogens is 1. The first kappa shape index (κ1) is 10.2. The van der Waals surface area contributed by atoms with Crippen molar-refractivity contribution in [3.05, 3.63) is 29.6 Å². The van der Waals surface area contributed by atoms with Gasteiger partial charge in [-0.2, -0.15) is 0 Å². The first-order valence-corrected chi connectivity index (χ1v) is 5.81. The second-order valence-electron chi connectivity index (χ2n) is 5.38. The molecule has 1 heterocycles. The summed E-state index contributed by atoms with van der Waals surface area (Å²) in [5, 5.41) is 0. The minimum absolute atomic E-state index is 0.0244. The average molecular weight is 223 g/mol. The van der Waals surface area contributed by atoms with E-state index in [9.17, 15) is 8.78 Å².